The Hall–Kier alpha value is -3.47. The van der Waals surface area contributed by atoms with E-state index in [1.807, 2.05) is 0 Å². The van der Waals surface area contributed by atoms with E-state index in [1.54, 1.807) is 4.90 Å². The standard InChI is InChI=1S/C30H31FN2O2/c1-21-6-8-22(9-7-21)20-33(28-15-12-23-4-2-3-5-27(23)28)30(35)25-16-18-32(19-17-25)29(34)24-10-13-26(31)14-11-24/h2-11,13-14,25,28H,12,15-20H2,1H3. The Balaban J connectivity index is 1.32. The average molecular weight is 471 g/mol. The van der Waals surface area contributed by atoms with E-state index in [9.17, 15) is 14.0 Å². The summed E-state index contributed by atoms with van der Waals surface area (Å²) >= 11 is 0. The van der Waals surface area contributed by atoms with Gasteiger partial charge < -0.3 is 9.80 Å². The molecule has 0 radical (unpaired) electrons. The third-order valence-electron chi connectivity index (χ3n) is 7.46. The van der Waals surface area contributed by atoms with Crippen molar-refractivity contribution in [3.8, 4) is 0 Å². The van der Waals surface area contributed by atoms with Gasteiger partial charge in [-0.15, -0.1) is 0 Å². The summed E-state index contributed by atoms with van der Waals surface area (Å²) in [4.78, 5) is 30.6. The van der Waals surface area contributed by atoms with E-state index < -0.39 is 0 Å². The minimum atomic E-state index is -0.354. The molecular weight excluding hydrogens is 439 g/mol. The SMILES string of the molecule is Cc1ccc(CN(C(=O)C2CCN(C(=O)c3ccc(F)cc3)CC2)C2CCc3ccccc32)cc1. The first-order valence-corrected chi connectivity index (χ1v) is 12.5. The highest BCUT2D eigenvalue weighted by Crippen LogP contribution is 2.38. The first-order valence-electron chi connectivity index (χ1n) is 12.5. The molecule has 1 saturated heterocycles. The molecule has 3 aromatic rings. The number of halogens is 1. The topological polar surface area (TPSA) is 40.6 Å². The van der Waals surface area contributed by atoms with Gasteiger partial charge in [0.15, 0.2) is 0 Å². The van der Waals surface area contributed by atoms with Crippen LogP contribution in [-0.4, -0.2) is 34.7 Å². The monoisotopic (exact) mass is 470 g/mol. The van der Waals surface area contributed by atoms with Crippen molar-refractivity contribution < 1.29 is 14.0 Å². The zero-order valence-electron chi connectivity index (χ0n) is 20.1. The summed E-state index contributed by atoms with van der Waals surface area (Å²) in [5.74, 6) is -0.378. The van der Waals surface area contributed by atoms with Crippen molar-refractivity contribution in [3.05, 3.63) is 106 Å². The van der Waals surface area contributed by atoms with Gasteiger partial charge in [-0.3, -0.25) is 9.59 Å². The minimum absolute atomic E-state index is 0.0823. The summed E-state index contributed by atoms with van der Waals surface area (Å²) in [6.45, 7) is 3.73. The van der Waals surface area contributed by atoms with Crippen molar-refractivity contribution in [2.45, 2.75) is 45.2 Å². The molecule has 5 rings (SSSR count). The van der Waals surface area contributed by atoms with Gasteiger partial charge in [0, 0.05) is 31.1 Å². The van der Waals surface area contributed by atoms with Gasteiger partial charge in [0.05, 0.1) is 6.04 Å². The van der Waals surface area contributed by atoms with E-state index in [0.717, 1.165) is 18.4 Å². The van der Waals surface area contributed by atoms with Crippen molar-refractivity contribution in [2.24, 2.45) is 5.92 Å². The Bertz CT molecular complexity index is 1200. The minimum Gasteiger partial charge on any atom is -0.339 e. The van der Waals surface area contributed by atoms with Crippen LogP contribution in [0.4, 0.5) is 4.39 Å². The number of piperidine rings is 1. The largest absolute Gasteiger partial charge is 0.339 e. The van der Waals surface area contributed by atoms with E-state index >= 15 is 0 Å². The zero-order chi connectivity index (χ0) is 24.4. The second-order valence-corrected chi connectivity index (χ2v) is 9.78. The molecule has 1 fully saturated rings. The van der Waals surface area contributed by atoms with Crippen LogP contribution < -0.4 is 0 Å². The summed E-state index contributed by atoms with van der Waals surface area (Å²) in [5, 5.41) is 0. The molecule has 3 aromatic carbocycles. The lowest BCUT2D eigenvalue weighted by Gasteiger charge is -2.37. The highest BCUT2D eigenvalue weighted by molar-refractivity contribution is 5.94. The Morgan fingerprint density at radius 1 is 0.914 bits per heavy atom. The lowest BCUT2D eigenvalue weighted by molar-refractivity contribution is -0.140. The first kappa shape index (κ1) is 23.3. The van der Waals surface area contributed by atoms with Gasteiger partial charge in [-0.1, -0.05) is 54.1 Å². The Labute approximate surface area is 206 Å². The second-order valence-electron chi connectivity index (χ2n) is 9.78. The molecule has 4 nitrogen and oxygen atoms in total. The molecule has 0 aromatic heterocycles. The van der Waals surface area contributed by atoms with Crippen LogP contribution in [-0.2, 0) is 17.8 Å². The fourth-order valence-corrected chi connectivity index (χ4v) is 5.43. The van der Waals surface area contributed by atoms with Crippen LogP contribution in [0.2, 0.25) is 0 Å². The van der Waals surface area contributed by atoms with E-state index in [1.165, 1.54) is 41.0 Å². The number of nitrogens with zero attached hydrogens (tertiary/aromatic N) is 2. The van der Waals surface area contributed by atoms with Crippen LogP contribution in [0.25, 0.3) is 0 Å². The van der Waals surface area contributed by atoms with Crippen molar-refractivity contribution >= 4 is 11.8 Å². The van der Waals surface area contributed by atoms with Gasteiger partial charge in [0.25, 0.3) is 5.91 Å². The third kappa shape index (κ3) is 5.00. The van der Waals surface area contributed by atoms with Crippen molar-refractivity contribution in [2.75, 3.05) is 13.1 Å². The first-order chi connectivity index (χ1) is 17.0. The highest BCUT2D eigenvalue weighted by atomic mass is 19.1. The van der Waals surface area contributed by atoms with E-state index in [0.29, 0.717) is 38.0 Å². The van der Waals surface area contributed by atoms with E-state index in [4.69, 9.17) is 0 Å². The van der Waals surface area contributed by atoms with E-state index in [-0.39, 0.29) is 29.6 Å². The molecule has 1 aliphatic carbocycles. The molecule has 1 heterocycles. The number of likely N-dealkylation sites (tertiary alicyclic amines) is 1. The molecule has 35 heavy (non-hydrogen) atoms. The normalized spacial score (nSPS) is 17.8. The lowest BCUT2D eigenvalue weighted by atomic mass is 9.93. The number of hydrogen-bond acceptors (Lipinski definition) is 2. The van der Waals surface area contributed by atoms with Crippen LogP contribution in [0.3, 0.4) is 0 Å². The fraction of sp³-hybridized carbons (Fsp3) is 0.333. The Morgan fingerprint density at radius 3 is 2.31 bits per heavy atom. The van der Waals surface area contributed by atoms with Crippen LogP contribution in [0.1, 0.15) is 57.9 Å². The van der Waals surface area contributed by atoms with Crippen molar-refractivity contribution in [1.29, 1.82) is 0 Å². The van der Waals surface area contributed by atoms with Gasteiger partial charge in [-0.25, -0.2) is 4.39 Å². The molecule has 2 amide bonds. The maximum atomic E-state index is 13.9. The molecule has 0 saturated carbocycles. The number of aryl methyl sites for hydroxylation is 2. The predicted molar refractivity (Wildman–Crippen MR) is 134 cm³/mol. The van der Waals surface area contributed by atoms with Crippen molar-refractivity contribution in [3.63, 3.8) is 0 Å². The van der Waals surface area contributed by atoms with Crippen LogP contribution >= 0.6 is 0 Å². The van der Waals surface area contributed by atoms with Crippen LogP contribution in [0.5, 0.6) is 0 Å². The van der Waals surface area contributed by atoms with Crippen molar-refractivity contribution in [1.82, 2.24) is 9.80 Å². The molecule has 1 unspecified atom stereocenters. The lowest BCUT2D eigenvalue weighted by Crippen LogP contribution is -2.45. The number of carbonyl (C=O) groups excluding carboxylic acids is 2. The molecular formula is C30H31FN2O2. The summed E-state index contributed by atoms with van der Waals surface area (Å²) in [6, 6.07) is 22.6. The third-order valence-corrected chi connectivity index (χ3v) is 7.46. The van der Waals surface area contributed by atoms with Gasteiger partial charge in [0.1, 0.15) is 5.82 Å². The van der Waals surface area contributed by atoms with Crippen LogP contribution in [0.15, 0.2) is 72.8 Å². The van der Waals surface area contributed by atoms with Gasteiger partial charge in [-0.2, -0.15) is 0 Å². The molecule has 180 valence electrons. The Kier molecular flexibility index (Phi) is 6.67. The molecule has 0 bridgehead atoms. The fourth-order valence-electron chi connectivity index (χ4n) is 5.43. The van der Waals surface area contributed by atoms with E-state index in [2.05, 4.69) is 60.4 Å². The molecule has 0 N–H and O–H groups in total. The molecule has 0 spiro atoms. The molecule has 5 heteroatoms. The number of carbonyl (C=O) groups is 2. The maximum Gasteiger partial charge on any atom is 0.253 e. The summed E-state index contributed by atoms with van der Waals surface area (Å²) < 4.78 is 13.2. The maximum absolute atomic E-state index is 13.9. The number of fused-ring (bicyclic) bond motifs is 1. The summed E-state index contributed by atoms with van der Waals surface area (Å²) in [6.07, 6.45) is 3.22. The number of amides is 2. The second kappa shape index (κ2) is 10.0. The smallest absolute Gasteiger partial charge is 0.253 e. The average Bonchev–Trinajstić information content (AvgIpc) is 3.32. The molecule has 1 aliphatic heterocycles. The summed E-state index contributed by atoms with van der Waals surface area (Å²) in [7, 11) is 0. The number of hydrogen-bond donors (Lipinski definition) is 0. The Morgan fingerprint density at radius 2 is 1.60 bits per heavy atom. The van der Waals surface area contributed by atoms with Crippen LogP contribution in [0, 0.1) is 18.7 Å². The number of rotatable bonds is 5. The quantitative estimate of drug-likeness (QED) is 0.480. The van der Waals surface area contributed by atoms with Gasteiger partial charge in [-0.05, 0) is 73.6 Å². The highest BCUT2D eigenvalue weighted by Gasteiger charge is 2.36. The van der Waals surface area contributed by atoms with Gasteiger partial charge >= 0.3 is 0 Å². The van der Waals surface area contributed by atoms with Gasteiger partial charge in [0.2, 0.25) is 5.91 Å². The molecule has 1 atom stereocenters. The summed E-state index contributed by atoms with van der Waals surface area (Å²) in [5.41, 5.74) is 5.42. The predicted octanol–water partition coefficient (Wildman–Crippen LogP) is 5.70. The zero-order valence-corrected chi connectivity index (χ0v) is 20.1. The number of benzene rings is 3. The molecule has 2 aliphatic rings.